The van der Waals surface area contributed by atoms with Crippen LogP contribution in [0.5, 0.6) is 5.75 Å². The molecule has 2 aromatic rings. The zero-order valence-corrected chi connectivity index (χ0v) is 19.0. The molecule has 1 aromatic carbocycles. The van der Waals surface area contributed by atoms with Crippen LogP contribution >= 0.6 is 22.9 Å². The second-order valence-corrected chi connectivity index (χ2v) is 8.52. The summed E-state index contributed by atoms with van der Waals surface area (Å²) >= 11 is 6.93. The van der Waals surface area contributed by atoms with Crippen LogP contribution in [0.15, 0.2) is 30.3 Å². The molecule has 0 unspecified atom stereocenters. The van der Waals surface area contributed by atoms with Crippen LogP contribution < -0.4 is 25.6 Å². The van der Waals surface area contributed by atoms with E-state index >= 15 is 0 Å². The van der Waals surface area contributed by atoms with E-state index in [-0.39, 0.29) is 49.3 Å². The van der Waals surface area contributed by atoms with Crippen molar-refractivity contribution in [2.24, 2.45) is 0 Å². The number of halogens is 3. The maximum absolute atomic E-state index is 13.0. The van der Waals surface area contributed by atoms with Crippen molar-refractivity contribution in [1.82, 2.24) is 10.6 Å². The third-order valence-corrected chi connectivity index (χ3v) is 5.88. The first-order chi connectivity index (χ1) is 15.8. The van der Waals surface area contributed by atoms with E-state index in [1.807, 2.05) is 0 Å². The largest absolute Gasteiger partial charge is 0.433 e. The van der Waals surface area contributed by atoms with Crippen molar-refractivity contribution in [1.29, 1.82) is 0 Å². The monoisotopic (exact) mass is 502 g/mol. The van der Waals surface area contributed by atoms with Gasteiger partial charge in [0, 0.05) is 24.8 Å². The number of rotatable bonds is 9. The molecule has 13 heteroatoms. The van der Waals surface area contributed by atoms with Gasteiger partial charge in [-0.1, -0.05) is 11.6 Å². The van der Waals surface area contributed by atoms with Crippen molar-refractivity contribution in [3.05, 3.63) is 39.5 Å². The summed E-state index contributed by atoms with van der Waals surface area (Å²) in [6.45, 7) is -2.89. The number of hydrogen-bond donors (Lipinski definition) is 3. The third kappa shape index (κ3) is 6.60. The van der Waals surface area contributed by atoms with Crippen LogP contribution in [0.3, 0.4) is 0 Å². The minimum atomic E-state index is -3.13. The van der Waals surface area contributed by atoms with Gasteiger partial charge in [0.25, 0.3) is 11.8 Å². The van der Waals surface area contributed by atoms with Gasteiger partial charge >= 0.3 is 6.61 Å². The van der Waals surface area contributed by atoms with Gasteiger partial charge in [0.1, 0.15) is 12.6 Å². The molecule has 0 spiro atoms. The van der Waals surface area contributed by atoms with Crippen LogP contribution in [0.2, 0.25) is 4.34 Å². The first kappa shape index (κ1) is 24.8. The van der Waals surface area contributed by atoms with Gasteiger partial charge in [0.05, 0.1) is 21.5 Å². The highest BCUT2D eigenvalue weighted by Gasteiger charge is 2.25. The topological polar surface area (TPSA) is 109 Å². The SMILES string of the molecule is CN[C@H](CNC(=O)c1ccc(Cl)s1)C(=O)Nc1ccc(N2CCOCC2=O)c(OC(F)F)c1. The summed E-state index contributed by atoms with van der Waals surface area (Å²) in [6.07, 6.45) is 0. The van der Waals surface area contributed by atoms with Crippen LogP contribution in [0, 0.1) is 0 Å². The van der Waals surface area contributed by atoms with Gasteiger partial charge in [-0.05, 0) is 31.3 Å². The summed E-state index contributed by atoms with van der Waals surface area (Å²) in [5, 5.41) is 8.01. The zero-order valence-electron chi connectivity index (χ0n) is 17.4. The van der Waals surface area contributed by atoms with E-state index in [1.165, 1.54) is 30.1 Å². The van der Waals surface area contributed by atoms with Crippen LogP contribution in [0.1, 0.15) is 9.67 Å². The van der Waals surface area contributed by atoms with Gasteiger partial charge in [0.2, 0.25) is 5.91 Å². The first-order valence-electron chi connectivity index (χ1n) is 9.77. The number of anilines is 2. The van der Waals surface area contributed by atoms with Crippen LogP contribution in [0.25, 0.3) is 0 Å². The average Bonchev–Trinajstić information content (AvgIpc) is 3.21. The van der Waals surface area contributed by atoms with E-state index in [0.717, 1.165) is 11.3 Å². The van der Waals surface area contributed by atoms with Crippen LogP contribution in [-0.2, 0) is 14.3 Å². The van der Waals surface area contributed by atoms with E-state index < -0.39 is 24.5 Å². The minimum absolute atomic E-state index is 0.0303. The normalized spacial score (nSPS) is 14.8. The Hall–Kier alpha value is -2.80. The summed E-state index contributed by atoms with van der Waals surface area (Å²) in [7, 11) is 1.54. The predicted octanol–water partition coefficient (Wildman–Crippen LogP) is 2.32. The van der Waals surface area contributed by atoms with Gasteiger partial charge in [-0.2, -0.15) is 8.78 Å². The molecule has 0 bridgehead atoms. The maximum Gasteiger partial charge on any atom is 0.387 e. The Morgan fingerprint density at radius 1 is 1.30 bits per heavy atom. The van der Waals surface area contributed by atoms with Crippen molar-refractivity contribution in [3.8, 4) is 5.75 Å². The van der Waals surface area contributed by atoms with Crippen LogP contribution in [0.4, 0.5) is 20.2 Å². The fraction of sp³-hybridized carbons (Fsp3) is 0.350. The van der Waals surface area contributed by atoms with Gasteiger partial charge in [-0.15, -0.1) is 11.3 Å². The lowest BCUT2D eigenvalue weighted by atomic mass is 10.2. The Balaban J connectivity index is 1.69. The van der Waals surface area contributed by atoms with Crippen molar-refractivity contribution in [3.63, 3.8) is 0 Å². The highest BCUT2D eigenvalue weighted by Crippen LogP contribution is 2.33. The van der Waals surface area contributed by atoms with Gasteiger partial charge in [-0.3, -0.25) is 14.4 Å². The van der Waals surface area contributed by atoms with Gasteiger partial charge < -0.3 is 30.3 Å². The Morgan fingerprint density at radius 2 is 2.09 bits per heavy atom. The minimum Gasteiger partial charge on any atom is -0.433 e. The number of benzene rings is 1. The lowest BCUT2D eigenvalue weighted by molar-refractivity contribution is -0.125. The summed E-state index contributed by atoms with van der Waals surface area (Å²) in [4.78, 5) is 38.6. The molecule has 0 aliphatic carbocycles. The first-order valence-corrected chi connectivity index (χ1v) is 11.0. The number of nitrogens with zero attached hydrogens (tertiary/aromatic N) is 1. The van der Waals surface area contributed by atoms with E-state index in [1.54, 1.807) is 12.1 Å². The lowest BCUT2D eigenvalue weighted by Gasteiger charge is -2.28. The fourth-order valence-corrected chi connectivity index (χ4v) is 4.01. The molecule has 0 radical (unpaired) electrons. The molecule has 3 rings (SSSR count). The summed E-state index contributed by atoms with van der Waals surface area (Å²) in [6, 6.07) is 6.43. The number of amides is 3. The number of thiophene rings is 1. The lowest BCUT2D eigenvalue weighted by Crippen LogP contribution is -2.47. The number of hydrogen-bond acceptors (Lipinski definition) is 7. The van der Waals surface area contributed by atoms with E-state index in [9.17, 15) is 23.2 Å². The molecule has 1 fully saturated rings. The Labute approximate surface area is 197 Å². The third-order valence-electron chi connectivity index (χ3n) is 4.65. The van der Waals surface area contributed by atoms with E-state index in [2.05, 4.69) is 20.7 Å². The quantitative estimate of drug-likeness (QED) is 0.485. The number of morpholine rings is 1. The Bertz CT molecular complexity index is 1020. The number of alkyl halides is 2. The summed E-state index contributed by atoms with van der Waals surface area (Å²) in [5.41, 5.74) is 0.324. The standard InChI is InChI=1S/C20H21ClF2N4O5S/c1-24-12(9-25-19(30)15-4-5-16(21)33-15)18(29)26-11-2-3-13(14(8-11)32-20(22)23)27-6-7-31-10-17(27)28/h2-5,8,12,20,24H,6-7,9-10H2,1H3,(H,25,30)(H,26,29)/t12-/m1/s1. The maximum atomic E-state index is 13.0. The molecular formula is C20H21ClF2N4O5S. The number of ether oxygens (including phenoxy) is 2. The molecule has 1 saturated heterocycles. The van der Waals surface area contributed by atoms with E-state index in [0.29, 0.717) is 9.21 Å². The molecule has 3 N–H and O–H groups in total. The Morgan fingerprint density at radius 3 is 2.73 bits per heavy atom. The smallest absolute Gasteiger partial charge is 0.387 e. The molecule has 1 atom stereocenters. The Kier molecular flexibility index (Phi) is 8.55. The second kappa shape index (κ2) is 11.4. The van der Waals surface area contributed by atoms with Gasteiger partial charge in [0.15, 0.2) is 5.75 Å². The molecular weight excluding hydrogens is 482 g/mol. The van der Waals surface area contributed by atoms with Crippen LogP contribution in [-0.4, -0.2) is 63.7 Å². The molecule has 1 aliphatic heterocycles. The van der Waals surface area contributed by atoms with Crippen molar-refractivity contribution in [2.45, 2.75) is 12.7 Å². The molecule has 9 nitrogen and oxygen atoms in total. The zero-order chi connectivity index (χ0) is 24.0. The van der Waals surface area contributed by atoms with Crippen molar-refractivity contribution < 1.29 is 32.6 Å². The molecule has 1 aromatic heterocycles. The number of carbonyl (C=O) groups excluding carboxylic acids is 3. The number of carbonyl (C=O) groups is 3. The van der Waals surface area contributed by atoms with Gasteiger partial charge in [-0.25, -0.2) is 0 Å². The molecule has 178 valence electrons. The molecule has 1 aliphatic rings. The second-order valence-electron chi connectivity index (χ2n) is 6.80. The molecule has 33 heavy (non-hydrogen) atoms. The summed E-state index contributed by atoms with van der Waals surface area (Å²) < 4.78 is 36.0. The highest BCUT2D eigenvalue weighted by molar-refractivity contribution is 7.18. The number of nitrogens with one attached hydrogen (secondary N) is 3. The number of likely N-dealkylation sites (N-methyl/N-ethyl adjacent to an activating group) is 1. The summed E-state index contributed by atoms with van der Waals surface area (Å²) in [5.74, 6) is -1.55. The predicted molar refractivity (Wildman–Crippen MR) is 119 cm³/mol. The highest BCUT2D eigenvalue weighted by atomic mass is 35.5. The molecule has 2 heterocycles. The van der Waals surface area contributed by atoms with E-state index in [4.69, 9.17) is 16.3 Å². The molecule has 0 saturated carbocycles. The average molecular weight is 503 g/mol. The fourth-order valence-electron chi connectivity index (χ4n) is 3.05. The van der Waals surface area contributed by atoms with Crippen molar-refractivity contribution in [2.75, 3.05) is 43.6 Å². The van der Waals surface area contributed by atoms with Crippen molar-refractivity contribution >= 4 is 52.0 Å². The molecule has 3 amide bonds.